The molecular formula is C15H19NO2. The maximum absolute atomic E-state index is 5.62. The van der Waals surface area contributed by atoms with Gasteiger partial charge in [0.05, 0.1) is 25.1 Å². The van der Waals surface area contributed by atoms with Crippen LogP contribution in [0.2, 0.25) is 0 Å². The summed E-state index contributed by atoms with van der Waals surface area (Å²) in [5.41, 5.74) is 3.35. The third kappa shape index (κ3) is 2.86. The standard InChI is InChI=1S/C15H19NO2/c1-4-17-14-9-11(2)5-6-13(14)16-10-15-12(3)7-8-18-15/h5-9,16H,4,10H2,1-3H3. The SMILES string of the molecule is CCOc1cc(C)ccc1NCc1occc1C. The summed E-state index contributed by atoms with van der Waals surface area (Å²) in [6, 6.07) is 8.12. The molecule has 96 valence electrons. The second-order valence-corrected chi connectivity index (χ2v) is 4.31. The van der Waals surface area contributed by atoms with E-state index < -0.39 is 0 Å². The topological polar surface area (TPSA) is 34.4 Å². The summed E-state index contributed by atoms with van der Waals surface area (Å²) >= 11 is 0. The first kappa shape index (κ1) is 12.6. The summed E-state index contributed by atoms with van der Waals surface area (Å²) in [5.74, 6) is 1.85. The van der Waals surface area contributed by atoms with Crippen molar-refractivity contribution in [2.45, 2.75) is 27.3 Å². The molecule has 1 aromatic carbocycles. The van der Waals surface area contributed by atoms with Crippen molar-refractivity contribution < 1.29 is 9.15 Å². The van der Waals surface area contributed by atoms with Gasteiger partial charge in [0, 0.05) is 0 Å². The number of benzene rings is 1. The molecule has 0 aliphatic heterocycles. The van der Waals surface area contributed by atoms with E-state index in [1.165, 1.54) is 5.56 Å². The summed E-state index contributed by atoms with van der Waals surface area (Å²) in [5, 5.41) is 3.35. The minimum Gasteiger partial charge on any atom is -0.492 e. The second kappa shape index (κ2) is 5.63. The molecule has 18 heavy (non-hydrogen) atoms. The van der Waals surface area contributed by atoms with Gasteiger partial charge in [-0.25, -0.2) is 0 Å². The van der Waals surface area contributed by atoms with Crippen molar-refractivity contribution in [3.05, 3.63) is 47.4 Å². The quantitative estimate of drug-likeness (QED) is 0.867. The minimum absolute atomic E-state index is 0.665. The highest BCUT2D eigenvalue weighted by Crippen LogP contribution is 2.26. The lowest BCUT2D eigenvalue weighted by Crippen LogP contribution is -2.03. The summed E-state index contributed by atoms with van der Waals surface area (Å²) in [7, 11) is 0. The lowest BCUT2D eigenvalue weighted by atomic mass is 10.2. The first-order valence-corrected chi connectivity index (χ1v) is 6.21. The van der Waals surface area contributed by atoms with Crippen LogP contribution >= 0.6 is 0 Å². The summed E-state index contributed by atoms with van der Waals surface area (Å²) in [6.45, 7) is 7.42. The molecule has 0 fully saturated rings. The van der Waals surface area contributed by atoms with E-state index in [1.807, 2.05) is 32.0 Å². The molecule has 2 aromatic rings. The summed E-state index contributed by atoms with van der Waals surface area (Å²) < 4.78 is 11.0. The van der Waals surface area contributed by atoms with Gasteiger partial charge in [-0.1, -0.05) is 6.07 Å². The van der Waals surface area contributed by atoms with E-state index in [2.05, 4.69) is 18.3 Å². The van der Waals surface area contributed by atoms with Crippen molar-refractivity contribution in [1.29, 1.82) is 0 Å². The molecule has 0 amide bonds. The molecule has 1 N–H and O–H groups in total. The molecule has 1 aromatic heterocycles. The van der Waals surface area contributed by atoms with Gasteiger partial charge in [0.2, 0.25) is 0 Å². The highest BCUT2D eigenvalue weighted by Gasteiger charge is 2.06. The Labute approximate surface area is 108 Å². The number of hydrogen-bond donors (Lipinski definition) is 1. The Morgan fingerprint density at radius 2 is 2.06 bits per heavy atom. The molecule has 0 spiro atoms. The van der Waals surface area contributed by atoms with Gasteiger partial charge in [-0.15, -0.1) is 0 Å². The molecule has 3 heteroatoms. The van der Waals surface area contributed by atoms with Gasteiger partial charge >= 0.3 is 0 Å². The van der Waals surface area contributed by atoms with Crippen molar-refractivity contribution in [3.8, 4) is 5.75 Å². The van der Waals surface area contributed by atoms with Crippen LogP contribution in [-0.4, -0.2) is 6.61 Å². The van der Waals surface area contributed by atoms with Crippen molar-refractivity contribution >= 4 is 5.69 Å². The third-order valence-electron chi connectivity index (χ3n) is 2.84. The fraction of sp³-hybridized carbons (Fsp3) is 0.333. The minimum atomic E-state index is 0.665. The monoisotopic (exact) mass is 245 g/mol. The van der Waals surface area contributed by atoms with Gasteiger partial charge in [-0.05, 0) is 50.1 Å². The zero-order chi connectivity index (χ0) is 13.0. The Bertz CT molecular complexity index is 517. The van der Waals surface area contributed by atoms with Gasteiger partial charge < -0.3 is 14.5 Å². The van der Waals surface area contributed by atoms with E-state index in [0.29, 0.717) is 13.2 Å². The average molecular weight is 245 g/mol. The second-order valence-electron chi connectivity index (χ2n) is 4.31. The van der Waals surface area contributed by atoms with Crippen LogP contribution in [0.15, 0.2) is 34.9 Å². The number of ether oxygens (including phenoxy) is 1. The smallest absolute Gasteiger partial charge is 0.142 e. The molecule has 0 atom stereocenters. The normalized spacial score (nSPS) is 10.4. The van der Waals surface area contributed by atoms with E-state index in [4.69, 9.17) is 9.15 Å². The highest BCUT2D eigenvalue weighted by molar-refractivity contribution is 5.57. The maximum atomic E-state index is 5.62. The molecule has 0 aliphatic carbocycles. The molecule has 1 heterocycles. The molecule has 0 saturated heterocycles. The lowest BCUT2D eigenvalue weighted by molar-refractivity contribution is 0.341. The fourth-order valence-corrected chi connectivity index (χ4v) is 1.81. The van der Waals surface area contributed by atoms with Crippen LogP contribution < -0.4 is 10.1 Å². The summed E-state index contributed by atoms with van der Waals surface area (Å²) in [4.78, 5) is 0. The Morgan fingerprint density at radius 3 is 2.72 bits per heavy atom. The van der Waals surface area contributed by atoms with Crippen molar-refractivity contribution in [1.82, 2.24) is 0 Å². The predicted octanol–water partition coefficient (Wildman–Crippen LogP) is 3.91. The Hall–Kier alpha value is -1.90. The van der Waals surface area contributed by atoms with Crippen molar-refractivity contribution in [3.63, 3.8) is 0 Å². The summed E-state index contributed by atoms with van der Waals surface area (Å²) in [6.07, 6.45) is 1.71. The van der Waals surface area contributed by atoms with Crippen LogP contribution in [-0.2, 0) is 6.54 Å². The van der Waals surface area contributed by atoms with E-state index >= 15 is 0 Å². The van der Waals surface area contributed by atoms with Crippen LogP contribution in [0.3, 0.4) is 0 Å². The lowest BCUT2D eigenvalue weighted by Gasteiger charge is -2.12. The van der Waals surface area contributed by atoms with Gasteiger partial charge in [-0.3, -0.25) is 0 Å². The number of hydrogen-bond acceptors (Lipinski definition) is 3. The first-order valence-electron chi connectivity index (χ1n) is 6.21. The average Bonchev–Trinajstić information content (AvgIpc) is 2.74. The van der Waals surface area contributed by atoms with Gasteiger partial charge in [-0.2, -0.15) is 0 Å². The number of rotatable bonds is 5. The molecular weight excluding hydrogens is 226 g/mol. The largest absolute Gasteiger partial charge is 0.492 e. The van der Waals surface area contributed by atoms with E-state index in [0.717, 1.165) is 22.8 Å². The first-order chi connectivity index (χ1) is 8.70. The zero-order valence-electron chi connectivity index (χ0n) is 11.1. The number of anilines is 1. The van der Waals surface area contributed by atoms with Crippen LogP contribution in [0.4, 0.5) is 5.69 Å². The Kier molecular flexibility index (Phi) is 3.92. The van der Waals surface area contributed by atoms with Crippen LogP contribution in [0.25, 0.3) is 0 Å². The van der Waals surface area contributed by atoms with Gasteiger partial charge in [0.25, 0.3) is 0 Å². The zero-order valence-corrected chi connectivity index (χ0v) is 11.1. The number of furan rings is 1. The van der Waals surface area contributed by atoms with Gasteiger partial charge in [0.15, 0.2) is 0 Å². The van der Waals surface area contributed by atoms with Crippen LogP contribution in [0.1, 0.15) is 23.8 Å². The Morgan fingerprint density at radius 1 is 1.22 bits per heavy atom. The molecule has 0 unspecified atom stereocenters. The van der Waals surface area contributed by atoms with E-state index in [9.17, 15) is 0 Å². The highest BCUT2D eigenvalue weighted by atomic mass is 16.5. The molecule has 0 bridgehead atoms. The Balaban J connectivity index is 2.11. The molecule has 0 radical (unpaired) electrons. The fourth-order valence-electron chi connectivity index (χ4n) is 1.81. The van der Waals surface area contributed by atoms with Crippen molar-refractivity contribution in [2.24, 2.45) is 0 Å². The molecule has 2 rings (SSSR count). The molecule has 3 nitrogen and oxygen atoms in total. The van der Waals surface area contributed by atoms with Crippen molar-refractivity contribution in [2.75, 3.05) is 11.9 Å². The molecule has 0 saturated carbocycles. The van der Waals surface area contributed by atoms with Gasteiger partial charge in [0.1, 0.15) is 11.5 Å². The molecule has 0 aliphatic rings. The number of nitrogens with one attached hydrogen (secondary N) is 1. The third-order valence-corrected chi connectivity index (χ3v) is 2.84. The predicted molar refractivity (Wildman–Crippen MR) is 73.1 cm³/mol. The van der Waals surface area contributed by atoms with E-state index in [-0.39, 0.29) is 0 Å². The van der Waals surface area contributed by atoms with E-state index in [1.54, 1.807) is 6.26 Å². The maximum Gasteiger partial charge on any atom is 0.142 e. The number of aryl methyl sites for hydroxylation is 2. The van der Waals surface area contributed by atoms with Crippen LogP contribution in [0.5, 0.6) is 5.75 Å². The van der Waals surface area contributed by atoms with Crippen LogP contribution in [0, 0.1) is 13.8 Å².